The summed E-state index contributed by atoms with van der Waals surface area (Å²) < 4.78 is 1.96. The average molecular weight is 457 g/mol. The van der Waals surface area contributed by atoms with Crippen LogP contribution in [0.3, 0.4) is 0 Å². The summed E-state index contributed by atoms with van der Waals surface area (Å²) in [4.78, 5) is 19.0. The molecule has 5 rings (SSSR count). The van der Waals surface area contributed by atoms with Crippen molar-refractivity contribution >= 4 is 22.9 Å². The number of hydrogen-bond acceptors (Lipinski definition) is 5. The molecule has 2 aromatic heterocycles. The van der Waals surface area contributed by atoms with E-state index in [4.69, 9.17) is 0 Å². The molecule has 0 saturated heterocycles. The number of nitrogens with zero attached hydrogens (tertiary/aromatic N) is 3. The van der Waals surface area contributed by atoms with Crippen LogP contribution >= 0.6 is 11.3 Å². The van der Waals surface area contributed by atoms with Crippen molar-refractivity contribution in [3.8, 4) is 0 Å². The predicted molar refractivity (Wildman–Crippen MR) is 133 cm³/mol. The van der Waals surface area contributed by atoms with Gasteiger partial charge in [0.2, 0.25) is 0 Å². The summed E-state index contributed by atoms with van der Waals surface area (Å²) in [6.45, 7) is 6.40. The molecule has 1 unspecified atom stereocenters. The lowest BCUT2D eigenvalue weighted by atomic mass is 9.92. The number of carbonyl (C=O) groups is 1. The third-order valence-corrected chi connectivity index (χ3v) is 7.26. The molecule has 6 heteroatoms. The molecule has 0 fully saturated rings. The molecule has 168 valence electrons. The molecule has 0 radical (unpaired) electrons. The Hall–Kier alpha value is -3.25. The fourth-order valence-corrected chi connectivity index (χ4v) is 5.35. The number of Topliss-reactive ketones (excluding diaryl/α,β-unsaturated/α-hetero) is 1. The highest BCUT2D eigenvalue weighted by molar-refractivity contribution is 7.11. The van der Waals surface area contributed by atoms with Gasteiger partial charge in [-0.3, -0.25) is 4.79 Å². The Morgan fingerprint density at radius 3 is 2.45 bits per heavy atom. The van der Waals surface area contributed by atoms with E-state index in [0.29, 0.717) is 12.0 Å². The van der Waals surface area contributed by atoms with Crippen LogP contribution in [-0.2, 0) is 18.4 Å². The summed E-state index contributed by atoms with van der Waals surface area (Å²) in [6.07, 6.45) is 5.74. The van der Waals surface area contributed by atoms with Crippen LogP contribution in [0.25, 0.3) is 0 Å². The highest BCUT2D eigenvalue weighted by Gasteiger charge is 2.37. The second-order valence-electron chi connectivity index (χ2n) is 9.42. The molecule has 5 nitrogen and oxygen atoms in total. The number of fused-ring (bicyclic) bond motifs is 1. The number of nitrogens with one attached hydrogen (secondary N) is 1. The van der Waals surface area contributed by atoms with Gasteiger partial charge >= 0.3 is 0 Å². The number of anilines is 1. The van der Waals surface area contributed by atoms with Crippen LogP contribution in [0.4, 0.5) is 5.82 Å². The van der Waals surface area contributed by atoms with Gasteiger partial charge in [0.1, 0.15) is 10.8 Å². The van der Waals surface area contributed by atoms with Crippen molar-refractivity contribution in [3.05, 3.63) is 99.1 Å². The Bertz CT molecular complexity index is 1270. The van der Waals surface area contributed by atoms with Crippen LogP contribution < -0.4 is 5.32 Å². The lowest BCUT2D eigenvalue weighted by Gasteiger charge is -2.37. The van der Waals surface area contributed by atoms with E-state index >= 15 is 0 Å². The van der Waals surface area contributed by atoms with Crippen molar-refractivity contribution in [1.29, 1.82) is 0 Å². The van der Waals surface area contributed by atoms with Gasteiger partial charge in [-0.15, -0.1) is 11.3 Å². The summed E-state index contributed by atoms with van der Waals surface area (Å²) in [5.41, 5.74) is 3.98. The van der Waals surface area contributed by atoms with Gasteiger partial charge in [-0.1, -0.05) is 54.6 Å². The van der Waals surface area contributed by atoms with Gasteiger partial charge in [0.25, 0.3) is 0 Å². The maximum absolute atomic E-state index is 13.3. The Kier molecular flexibility index (Phi) is 5.62. The third-order valence-electron chi connectivity index (χ3n) is 6.23. The molecule has 0 saturated carbocycles. The zero-order valence-corrected chi connectivity index (χ0v) is 20.0. The summed E-state index contributed by atoms with van der Waals surface area (Å²) in [7, 11) is 0. The number of ketones is 1. The Labute approximate surface area is 198 Å². The average Bonchev–Trinajstić information content (AvgIpc) is 3.42. The van der Waals surface area contributed by atoms with Crippen LogP contribution in [0.5, 0.6) is 0 Å². The van der Waals surface area contributed by atoms with E-state index in [1.54, 1.807) is 17.5 Å². The highest BCUT2D eigenvalue weighted by Crippen LogP contribution is 2.41. The fourth-order valence-electron chi connectivity index (χ4n) is 4.52. The van der Waals surface area contributed by atoms with Crippen molar-refractivity contribution in [3.63, 3.8) is 0 Å². The monoisotopic (exact) mass is 456 g/mol. The van der Waals surface area contributed by atoms with Gasteiger partial charge in [-0.2, -0.15) is 5.10 Å². The van der Waals surface area contributed by atoms with Crippen LogP contribution in [0.15, 0.2) is 67.0 Å². The normalized spacial score (nSPS) is 16.8. The second kappa shape index (κ2) is 8.60. The van der Waals surface area contributed by atoms with E-state index in [1.165, 1.54) is 16.0 Å². The maximum atomic E-state index is 13.3. The number of rotatable bonds is 6. The van der Waals surface area contributed by atoms with Gasteiger partial charge in [-0.05, 0) is 50.3 Å². The molecular formula is C27H28N4OS. The summed E-state index contributed by atoms with van der Waals surface area (Å²) in [5.74, 6) is 0.876. The molecule has 1 aliphatic heterocycles. The highest BCUT2D eigenvalue weighted by atomic mass is 32.1. The SMILES string of the molecule is Cc1cnc(C2CC(C)(C)n3ncc(C(=O)Cc4ccc(Cc5ccccc5)cc4)c3N2)s1. The van der Waals surface area contributed by atoms with Gasteiger partial charge in [0, 0.05) is 17.5 Å². The second-order valence-corrected chi connectivity index (χ2v) is 10.7. The largest absolute Gasteiger partial charge is 0.360 e. The lowest BCUT2D eigenvalue weighted by molar-refractivity contribution is 0.0993. The van der Waals surface area contributed by atoms with Crippen LogP contribution in [0.1, 0.15) is 63.2 Å². The first-order valence-corrected chi connectivity index (χ1v) is 12.1. The van der Waals surface area contributed by atoms with E-state index in [9.17, 15) is 4.79 Å². The predicted octanol–water partition coefficient (Wildman–Crippen LogP) is 5.96. The Morgan fingerprint density at radius 1 is 1.06 bits per heavy atom. The van der Waals surface area contributed by atoms with Gasteiger partial charge < -0.3 is 5.32 Å². The number of aryl methyl sites for hydroxylation is 1. The van der Waals surface area contributed by atoms with Gasteiger partial charge in [0.05, 0.1) is 23.3 Å². The maximum Gasteiger partial charge on any atom is 0.172 e. The topological polar surface area (TPSA) is 59.8 Å². The Balaban J connectivity index is 1.33. The van der Waals surface area contributed by atoms with E-state index in [1.807, 2.05) is 16.9 Å². The summed E-state index contributed by atoms with van der Waals surface area (Å²) in [6, 6.07) is 18.8. The molecule has 1 atom stereocenters. The molecular weight excluding hydrogens is 428 g/mol. The third kappa shape index (κ3) is 4.48. The zero-order chi connectivity index (χ0) is 23.0. The molecule has 0 spiro atoms. The van der Waals surface area contributed by atoms with Crippen molar-refractivity contribution < 1.29 is 4.79 Å². The summed E-state index contributed by atoms with van der Waals surface area (Å²) >= 11 is 1.70. The van der Waals surface area contributed by atoms with Crippen LogP contribution in [0, 0.1) is 6.92 Å². The van der Waals surface area contributed by atoms with Crippen molar-refractivity contribution in [2.45, 2.75) is 51.6 Å². The first-order chi connectivity index (χ1) is 15.9. The minimum absolute atomic E-state index is 0.0753. The standard InChI is InChI=1S/C27H28N4OS/c1-18-16-28-26(33-18)23-15-27(2,3)31-25(30-23)22(17-29-31)24(32)14-21-11-9-20(10-12-21)13-19-7-5-4-6-8-19/h4-12,16-17,23,30H,13-15H2,1-3H3. The number of aromatic nitrogens is 3. The lowest BCUT2D eigenvalue weighted by Crippen LogP contribution is -2.38. The molecule has 0 amide bonds. The van der Waals surface area contributed by atoms with Crippen LogP contribution in [0.2, 0.25) is 0 Å². The van der Waals surface area contributed by atoms with E-state index < -0.39 is 0 Å². The van der Waals surface area contributed by atoms with Crippen molar-refractivity contribution in [2.75, 3.05) is 5.32 Å². The van der Waals surface area contributed by atoms with E-state index in [0.717, 1.165) is 29.2 Å². The zero-order valence-electron chi connectivity index (χ0n) is 19.2. The van der Waals surface area contributed by atoms with E-state index in [-0.39, 0.29) is 17.4 Å². The fraction of sp³-hybridized carbons (Fsp3) is 0.296. The molecule has 0 bridgehead atoms. The molecule has 1 N–H and O–H groups in total. The van der Waals surface area contributed by atoms with Crippen LogP contribution in [-0.4, -0.2) is 20.5 Å². The van der Waals surface area contributed by atoms with Crippen molar-refractivity contribution in [2.24, 2.45) is 0 Å². The number of thiazole rings is 1. The summed E-state index contributed by atoms with van der Waals surface area (Å²) in [5, 5.41) is 9.20. The van der Waals surface area contributed by atoms with Gasteiger partial charge in [0.15, 0.2) is 5.78 Å². The first kappa shape index (κ1) is 21.6. The first-order valence-electron chi connectivity index (χ1n) is 11.3. The van der Waals surface area contributed by atoms with Gasteiger partial charge in [-0.25, -0.2) is 9.67 Å². The molecule has 1 aliphatic rings. The van der Waals surface area contributed by atoms with Crippen molar-refractivity contribution in [1.82, 2.24) is 14.8 Å². The molecule has 33 heavy (non-hydrogen) atoms. The number of hydrogen-bond donors (Lipinski definition) is 1. The molecule has 2 aromatic carbocycles. The quantitative estimate of drug-likeness (QED) is 0.364. The Morgan fingerprint density at radius 2 is 1.76 bits per heavy atom. The molecule has 0 aliphatic carbocycles. The molecule has 4 aromatic rings. The minimum atomic E-state index is -0.206. The minimum Gasteiger partial charge on any atom is -0.360 e. The smallest absolute Gasteiger partial charge is 0.172 e. The molecule has 3 heterocycles. The number of benzene rings is 2. The number of carbonyl (C=O) groups excluding carboxylic acids is 1. The van der Waals surface area contributed by atoms with E-state index in [2.05, 4.69) is 84.7 Å².